The average Bonchev–Trinajstić information content (AvgIpc) is 3.25. The molecule has 2 aromatic carbocycles. The Bertz CT molecular complexity index is 1100. The molecule has 0 spiro atoms. The Morgan fingerprint density at radius 1 is 1.12 bits per heavy atom. The molecule has 130 valence electrons. The van der Waals surface area contributed by atoms with Crippen molar-refractivity contribution in [2.75, 3.05) is 0 Å². The van der Waals surface area contributed by atoms with Gasteiger partial charge in [0.1, 0.15) is 24.3 Å². The lowest BCUT2D eigenvalue weighted by Gasteiger charge is -2.01. The molecular weight excluding hydrogens is 375 g/mol. The van der Waals surface area contributed by atoms with Crippen LogP contribution in [0.25, 0.3) is 22.4 Å². The van der Waals surface area contributed by atoms with Gasteiger partial charge in [-0.3, -0.25) is 0 Å². The van der Waals surface area contributed by atoms with E-state index in [1.54, 1.807) is 12.1 Å². The fourth-order valence-electron chi connectivity index (χ4n) is 2.59. The summed E-state index contributed by atoms with van der Waals surface area (Å²) in [5.74, 6) is -0.196. The smallest absolute Gasteiger partial charge is 0.356 e. The highest BCUT2D eigenvalue weighted by Crippen LogP contribution is 2.29. The van der Waals surface area contributed by atoms with Crippen LogP contribution < -0.4 is 0 Å². The number of H-pyrrole nitrogens is 1. The largest absolute Gasteiger partial charge is 0.454 e. The third-order valence-electron chi connectivity index (χ3n) is 3.85. The number of fused-ring (bicyclic) bond motifs is 1. The minimum absolute atomic E-state index is 0.0432. The van der Waals surface area contributed by atoms with Gasteiger partial charge in [0.05, 0.1) is 15.6 Å². The van der Waals surface area contributed by atoms with Gasteiger partial charge >= 0.3 is 5.97 Å². The summed E-state index contributed by atoms with van der Waals surface area (Å²) in [6, 6.07) is 14.6. The van der Waals surface area contributed by atoms with Gasteiger partial charge in [0, 0.05) is 10.9 Å². The molecule has 0 saturated carbocycles. The molecule has 7 heteroatoms. The number of oxazole rings is 1. The van der Waals surface area contributed by atoms with Gasteiger partial charge < -0.3 is 14.1 Å². The van der Waals surface area contributed by atoms with Gasteiger partial charge in [0.2, 0.25) is 5.89 Å². The number of para-hydroxylation sites is 1. The highest BCUT2D eigenvalue weighted by molar-refractivity contribution is 6.38. The molecule has 0 aliphatic carbocycles. The third kappa shape index (κ3) is 3.07. The van der Waals surface area contributed by atoms with Crippen LogP contribution in [-0.2, 0) is 11.3 Å². The third-order valence-corrected chi connectivity index (χ3v) is 4.58. The number of esters is 1. The quantitative estimate of drug-likeness (QED) is 0.471. The molecular formula is C19H12Cl2N2O3. The van der Waals surface area contributed by atoms with E-state index in [0.29, 0.717) is 27.2 Å². The number of benzene rings is 2. The summed E-state index contributed by atoms with van der Waals surface area (Å²) in [6.07, 6.45) is 1.43. The first kappa shape index (κ1) is 16.7. The standard InChI is InChI=1S/C19H12Cl2N2O3/c20-14-7-3-1-5-12(14)18-22-11(9-25-18)10-26-19(24)17-16(21)13-6-2-4-8-15(13)23-17/h1-9,23H,10H2. The second-order valence-electron chi connectivity index (χ2n) is 5.56. The molecule has 0 amide bonds. The zero-order chi connectivity index (χ0) is 18.1. The summed E-state index contributed by atoms with van der Waals surface area (Å²) < 4.78 is 10.7. The molecule has 0 bridgehead atoms. The molecule has 4 aromatic rings. The van der Waals surface area contributed by atoms with E-state index >= 15 is 0 Å². The first-order chi connectivity index (χ1) is 12.6. The summed E-state index contributed by atoms with van der Waals surface area (Å²) in [4.78, 5) is 19.6. The lowest BCUT2D eigenvalue weighted by Crippen LogP contribution is -2.06. The molecule has 2 heterocycles. The van der Waals surface area contributed by atoms with Gasteiger partial charge in [-0.05, 0) is 18.2 Å². The van der Waals surface area contributed by atoms with Gasteiger partial charge in [-0.15, -0.1) is 0 Å². The van der Waals surface area contributed by atoms with Crippen molar-refractivity contribution in [3.05, 3.63) is 76.2 Å². The van der Waals surface area contributed by atoms with E-state index in [2.05, 4.69) is 9.97 Å². The van der Waals surface area contributed by atoms with Crippen LogP contribution in [0.5, 0.6) is 0 Å². The first-order valence-corrected chi connectivity index (χ1v) is 8.51. The van der Waals surface area contributed by atoms with Crippen LogP contribution >= 0.6 is 23.2 Å². The van der Waals surface area contributed by atoms with Crippen LogP contribution in [0, 0.1) is 0 Å². The van der Waals surface area contributed by atoms with Crippen molar-refractivity contribution < 1.29 is 13.9 Å². The monoisotopic (exact) mass is 386 g/mol. The topological polar surface area (TPSA) is 68.1 Å². The Hall–Kier alpha value is -2.76. The van der Waals surface area contributed by atoms with Gasteiger partial charge in [-0.25, -0.2) is 9.78 Å². The number of ether oxygens (including phenoxy) is 1. The van der Waals surface area contributed by atoms with Crippen molar-refractivity contribution in [3.8, 4) is 11.5 Å². The van der Waals surface area contributed by atoms with Crippen LogP contribution in [-0.4, -0.2) is 15.9 Å². The van der Waals surface area contributed by atoms with Crippen molar-refractivity contribution in [2.45, 2.75) is 6.61 Å². The number of hydrogen-bond donors (Lipinski definition) is 1. The minimum Gasteiger partial charge on any atom is -0.454 e. The predicted octanol–water partition coefficient (Wildman–Crippen LogP) is 5.49. The van der Waals surface area contributed by atoms with Crippen LogP contribution in [0.3, 0.4) is 0 Å². The van der Waals surface area contributed by atoms with Crippen LogP contribution in [0.1, 0.15) is 16.2 Å². The summed E-state index contributed by atoms with van der Waals surface area (Å²) in [5.41, 5.74) is 2.13. The zero-order valence-corrected chi connectivity index (χ0v) is 14.8. The number of carbonyl (C=O) groups excluding carboxylic acids is 1. The van der Waals surface area contributed by atoms with E-state index in [4.69, 9.17) is 32.4 Å². The SMILES string of the molecule is O=C(OCc1coc(-c2ccccc2Cl)n1)c1[nH]c2ccccc2c1Cl. The highest BCUT2D eigenvalue weighted by Gasteiger charge is 2.18. The molecule has 0 aliphatic heterocycles. The van der Waals surface area contributed by atoms with Crippen molar-refractivity contribution in [1.29, 1.82) is 0 Å². The maximum Gasteiger partial charge on any atom is 0.356 e. The summed E-state index contributed by atoms with van der Waals surface area (Å²) in [6.45, 7) is -0.0432. The van der Waals surface area contributed by atoms with Crippen LogP contribution in [0.2, 0.25) is 10.0 Å². The molecule has 2 aromatic heterocycles. The fraction of sp³-hybridized carbons (Fsp3) is 0.0526. The van der Waals surface area contributed by atoms with E-state index in [1.807, 2.05) is 36.4 Å². The van der Waals surface area contributed by atoms with Crippen molar-refractivity contribution in [2.24, 2.45) is 0 Å². The summed E-state index contributed by atoms with van der Waals surface area (Å²) in [5, 5.41) is 1.63. The molecule has 0 fully saturated rings. The zero-order valence-electron chi connectivity index (χ0n) is 13.3. The van der Waals surface area contributed by atoms with Crippen molar-refractivity contribution in [3.63, 3.8) is 0 Å². The van der Waals surface area contributed by atoms with E-state index in [1.165, 1.54) is 6.26 Å². The highest BCUT2D eigenvalue weighted by atomic mass is 35.5. The van der Waals surface area contributed by atoms with Gasteiger partial charge in [-0.1, -0.05) is 53.5 Å². The van der Waals surface area contributed by atoms with Gasteiger partial charge in [0.15, 0.2) is 0 Å². The number of carbonyl (C=O) groups is 1. The second kappa shape index (κ2) is 6.86. The molecule has 0 aliphatic rings. The number of nitrogens with one attached hydrogen (secondary N) is 1. The molecule has 0 unspecified atom stereocenters. The Labute approximate surface area is 158 Å². The molecule has 1 N–H and O–H groups in total. The number of aromatic nitrogens is 2. The molecule has 5 nitrogen and oxygen atoms in total. The Kier molecular flexibility index (Phi) is 4.41. The normalized spacial score (nSPS) is 11.0. The first-order valence-electron chi connectivity index (χ1n) is 7.76. The number of halogens is 2. The van der Waals surface area contributed by atoms with E-state index in [-0.39, 0.29) is 12.3 Å². The summed E-state index contributed by atoms with van der Waals surface area (Å²) in [7, 11) is 0. The molecule has 26 heavy (non-hydrogen) atoms. The molecule has 0 atom stereocenters. The molecule has 0 radical (unpaired) electrons. The Balaban J connectivity index is 1.50. The van der Waals surface area contributed by atoms with E-state index in [9.17, 15) is 4.79 Å². The number of rotatable bonds is 4. The van der Waals surface area contributed by atoms with Crippen molar-refractivity contribution >= 4 is 40.1 Å². The Morgan fingerprint density at radius 2 is 1.88 bits per heavy atom. The molecule has 4 rings (SSSR count). The van der Waals surface area contributed by atoms with E-state index in [0.717, 1.165) is 10.9 Å². The lowest BCUT2D eigenvalue weighted by atomic mass is 10.2. The maximum absolute atomic E-state index is 12.3. The van der Waals surface area contributed by atoms with Crippen LogP contribution in [0.15, 0.2) is 59.2 Å². The Morgan fingerprint density at radius 3 is 2.69 bits per heavy atom. The lowest BCUT2D eigenvalue weighted by molar-refractivity contribution is 0.0462. The number of aromatic amines is 1. The van der Waals surface area contributed by atoms with Gasteiger partial charge in [0.25, 0.3) is 0 Å². The number of hydrogen-bond acceptors (Lipinski definition) is 4. The van der Waals surface area contributed by atoms with Gasteiger partial charge in [-0.2, -0.15) is 0 Å². The average molecular weight is 387 g/mol. The number of nitrogens with zero attached hydrogens (tertiary/aromatic N) is 1. The fourth-order valence-corrected chi connectivity index (χ4v) is 3.10. The van der Waals surface area contributed by atoms with E-state index < -0.39 is 5.97 Å². The maximum atomic E-state index is 12.3. The second-order valence-corrected chi connectivity index (χ2v) is 6.34. The molecule has 0 saturated heterocycles. The minimum atomic E-state index is -0.562. The summed E-state index contributed by atoms with van der Waals surface area (Å²) >= 11 is 12.4. The van der Waals surface area contributed by atoms with Crippen molar-refractivity contribution in [1.82, 2.24) is 9.97 Å². The predicted molar refractivity (Wildman–Crippen MR) is 99.4 cm³/mol. The van der Waals surface area contributed by atoms with Crippen LogP contribution in [0.4, 0.5) is 0 Å².